The Labute approximate surface area is 82.3 Å². The van der Waals surface area contributed by atoms with Crippen LogP contribution in [-0.2, 0) is 0 Å². The Bertz CT molecular complexity index is 491. The maximum Gasteiger partial charge on any atom is 0.574 e. The summed E-state index contributed by atoms with van der Waals surface area (Å²) < 4.78 is 40.7. The Morgan fingerprint density at radius 3 is 2.73 bits per heavy atom. The van der Waals surface area contributed by atoms with Crippen molar-refractivity contribution in [1.82, 2.24) is 14.4 Å². The number of aromatic nitrogens is 3. The molecule has 0 unspecified atom stereocenters. The van der Waals surface area contributed by atoms with Gasteiger partial charge in [-0.05, 0) is 6.92 Å². The van der Waals surface area contributed by atoms with E-state index in [1.165, 1.54) is 10.6 Å². The molecule has 2 heterocycles. The molecule has 0 aliphatic rings. The molecule has 0 saturated heterocycles. The van der Waals surface area contributed by atoms with Crippen molar-refractivity contribution in [2.75, 3.05) is 0 Å². The summed E-state index contributed by atoms with van der Waals surface area (Å²) in [6.45, 7) is 1.73. The van der Waals surface area contributed by atoms with Gasteiger partial charge in [0.1, 0.15) is 0 Å². The van der Waals surface area contributed by atoms with E-state index in [0.717, 1.165) is 6.20 Å². The van der Waals surface area contributed by atoms with Crippen LogP contribution in [0.1, 0.15) is 5.69 Å². The maximum atomic E-state index is 11.9. The zero-order chi connectivity index (χ0) is 11.1. The minimum atomic E-state index is -4.73. The fourth-order valence-electron chi connectivity index (χ4n) is 1.18. The van der Waals surface area contributed by atoms with Crippen molar-refractivity contribution in [3.8, 4) is 5.88 Å². The van der Waals surface area contributed by atoms with Crippen LogP contribution in [0.15, 0.2) is 18.6 Å². The van der Waals surface area contributed by atoms with Crippen molar-refractivity contribution in [1.29, 1.82) is 0 Å². The van der Waals surface area contributed by atoms with Gasteiger partial charge in [0.2, 0.25) is 5.88 Å². The highest BCUT2D eigenvalue weighted by molar-refractivity contribution is 5.38. The van der Waals surface area contributed by atoms with E-state index in [1.54, 1.807) is 13.1 Å². The van der Waals surface area contributed by atoms with Crippen LogP contribution >= 0.6 is 0 Å². The number of fused-ring (bicyclic) bond motifs is 1. The molecule has 0 fully saturated rings. The normalized spacial score (nSPS) is 12.0. The summed E-state index contributed by atoms with van der Waals surface area (Å²) in [5.74, 6) is -0.507. The predicted molar refractivity (Wildman–Crippen MR) is 44.4 cm³/mol. The molecule has 4 nitrogen and oxygen atoms in total. The molecule has 0 saturated carbocycles. The fourth-order valence-corrected chi connectivity index (χ4v) is 1.18. The van der Waals surface area contributed by atoms with E-state index in [9.17, 15) is 13.2 Å². The third-order valence-corrected chi connectivity index (χ3v) is 1.66. The Morgan fingerprint density at radius 2 is 2.07 bits per heavy atom. The lowest BCUT2D eigenvalue weighted by molar-refractivity contribution is -0.276. The number of aryl methyl sites for hydroxylation is 1. The molecule has 0 N–H and O–H groups in total. The first-order chi connectivity index (χ1) is 6.94. The second kappa shape index (κ2) is 3.11. The van der Waals surface area contributed by atoms with Crippen molar-refractivity contribution in [2.45, 2.75) is 13.3 Å². The summed E-state index contributed by atoms with van der Waals surface area (Å²) in [4.78, 5) is 7.49. The number of alkyl halides is 3. The van der Waals surface area contributed by atoms with Crippen molar-refractivity contribution in [3.63, 3.8) is 0 Å². The summed E-state index contributed by atoms with van der Waals surface area (Å²) in [6.07, 6.45) is -0.798. The molecule has 2 rings (SSSR count). The van der Waals surface area contributed by atoms with Crippen molar-refractivity contribution >= 4 is 5.65 Å². The molecule has 0 aromatic carbocycles. The zero-order valence-electron chi connectivity index (χ0n) is 7.62. The van der Waals surface area contributed by atoms with Crippen LogP contribution in [0.2, 0.25) is 0 Å². The van der Waals surface area contributed by atoms with Crippen molar-refractivity contribution in [2.24, 2.45) is 0 Å². The highest BCUT2D eigenvalue weighted by Gasteiger charge is 2.31. The van der Waals surface area contributed by atoms with Gasteiger partial charge in [-0.15, -0.1) is 13.2 Å². The minimum absolute atomic E-state index is 0.474. The first-order valence-corrected chi connectivity index (χ1v) is 4.01. The zero-order valence-corrected chi connectivity index (χ0v) is 7.62. The number of imidazole rings is 1. The third-order valence-electron chi connectivity index (χ3n) is 1.66. The lowest BCUT2D eigenvalue weighted by Crippen LogP contribution is -2.18. The number of nitrogens with zero attached hydrogens (tertiary/aromatic N) is 3. The Kier molecular flexibility index (Phi) is 2.02. The van der Waals surface area contributed by atoms with Crippen LogP contribution in [0.3, 0.4) is 0 Å². The molecule has 0 aliphatic heterocycles. The van der Waals surface area contributed by atoms with Crippen LogP contribution in [0.25, 0.3) is 5.65 Å². The van der Waals surface area contributed by atoms with E-state index in [2.05, 4.69) is 14.7 Å². The molecule has 0 aliphatic carbocycles. The average Bonchev–Trinajstić information content (AvgIpc) is 2.40. The molecule has 0 spiro atoms. The number of hydrogen-bond donors (Lipinski definition) is 0. The van der Waals surface area contributed by atoms with Gasteiger partial charge < -0.3 is 9.14 Å². The summed E-state index contributed by atoms with van der Waals surface area (Å²) in [5.41, 5.74) is 1.17. The first kappa shape index (κ1) is 9.75. The van der Waals surface area contributed by atoms with E-state index in [-0.39, 0.29) is 0 Å². The van der Waals surface area contributed by atoms with Gasteiger partial charge in [0, 0.05) is 6.20 Å². The van der Waals surface area contributed by atoms with Crippen LogP contribution in [0.4, 0.5) is 13.2 Å². The molecule has 0 amide bonds. The van der Waals surface area contributed by atoms with E-state index in [1.807, 2.05) is 0 Å². The Morgan fingerprint density at radius 1 is 1.33 bits per heavy atom. The lowest BCUT2D eigenvalue weighted by atomic mass is 10.6. The quantitative estimate of drug-likeness (QED) is 0.732. The first-order valence-electron chi connectivity index (χ1n) is 4.01. The monoisotopic (exact) mass is 217 g/mol. The highest BCUT2D eigenvalue weighted by Crippen LogP contribution is 2.20. The molecular weight excluding hydrogens is 211 g/mol. The second-order valence-electron chi connectivity index (χ2n) is 2.92. The fraction of sp³-hybridized carbons (Fsp3) is 0.250. The molecule has 7 heteroatoms. The number of hydrogen-bond acceptors (Lipinski definition) is 3. The number of ether oxygens (including phenoxy) is 1. The van der Waals surface area contributed by atoms with Crippen molar-refractivity contribution in [3.05, 3.63) is 24.3 Å². The highest BCUT2D eigenvalue weighted by atomic mass is 19.4. The SMILES string of the molecule is Cc1cn2cc(OC(F)(F)F)ncc2n1. The van der Waals surface area contributed by atoms with Crippen LogP contribution < -0.4 is 4.74 Å². The average molecular weight is 217 g/mol. The molecule has 2 aromatic heterocycles. The van der Waals surface area contributed by atoms with E-state index in [4.69, 9.17) is 0 Å². The van der Waals surface area contributed by atoms with Crippen LogP contribution in [0.5, 0.6) is 5.88 Å². The largest absolute Gasteiger partial charge is 0.574 e. The number of halogens is 3. The minimum Gasteiger partial charge on any atom is -0.386 e. The predicted octanol–water partition coefficient (Wildman–Crippen LogP) is 1.94. The second-order valence-corrected chi connectivity index (χ2v) is 2.92. The van der Waals surface area contributed by atoms with Gasteiger partial charge in [0.25, 0.3) is 0 Å². The Balaban J connectivity index is 2.38. The maximum absolute atomic E-state index is 11.9. The lowest BCUT2D eigenvalue weighted by Gasteiger charge is -2.07. The molecule has 0 radical (unpaired) electrons. The molecule has 0 atom stereocenters. The summed E-state index contributed by atoms with van der Waals surface area (Å²) in [6, 6.07) is 0. The van der Waals surface area contributed by atoms with Gasteiger partial charge in [0.05, 0.1) is 18.1 Å². The molecule has 2 aromatic rings. The third kappa shape index (κ3) is 2.17. The standard InChI is InChI=1S/C8H6F3N3O/c1-5-3-14-4-7(15-8(9,10)11)12-2-6(14)13-5/h2-4H,1H3. The summed E-state index contributed by atoms with van der Waals surface area (Å²) in [5, 5.41) is 0. The number of rotatable bonds is 1. The van der Waals surface area contributed by atoms with Gasteiger partial charge in [-0.1, -0.05) is 0 Å². The van der Waals surface area contributed by atoms with Crippen LogP contribution in [-0.4, -0.2) is 20.7 Å². The molecule has 15 heavy (non-hydrogen) atoms. The molecule has 80 valence electrons. The van der Waals surface area contributed by atoms with Crippen molar-refractivity contribution < 1.29 is 17.9 Å². The van der Waals surface area contributed by atoms with Gasteiger partial charge >= 0.3 is 6.36 Å². The summed E-state index contributed by atoms with van der Waals surface area (Å²) >= 11 is 0. The van der Waals surface area contributed by atoms with Gasteiger partial charge in [-0.25, -0.2) is 9.97 Å². The van der Waals surface area contributed by atoms with Gasteiger partial charge in [-0.3, -0.25) is 0 Å². The molecule has 0 bridgehead atoms. The van der Waals surface area contributed by atoms with Gasteiger partial charge in [0.15, 0.2) is 5.65 Å². The van der Waals surface area contributed by atoms with E-state index < -0.39 is 12.2 Å². The van der Waals surface area contributed by atoms with E-state index in [0.29, 0.717) is 11.3 Å². The molecular formula is C8H6F3N3O. The Hall–Kier alpha value is -1.79. The van der Waals surface area contributed by atoms with E-state index >= 15 is 0 Å². The smallest absolute Gasteiger partial charge is 0.386 e. The van der Waals surface area contributed by atoms with Gasteiger partial charge in [-0.2, -0.15) is 0 Å². The topological polar surface area (TPSA) is 39.4 Å². The van der Waals surface area contributed by atoms with Crippen LogP contribution in [0, 0.1) is 6.92 Å². The summed E-state index contributed by atoms with van der Waals surface area (Å²) in [7, 11) is 0.